The lowest BCUT2D eigenvalue weighted by molar-refractivity contribution is 0.0921. The smallest absolute Gasteiger partial charge is 0.287 e. The number of nitrogens with zero attached hydrogens (tertiary/aromatic N) is 1. The highest BCUT2D eigenvalue weighted by Crippen LogP contribution is 2.26. The predicted octanol–water partition coefficient (Wildman–Crippen LogP) is 3.23. The van der Waals surface area contributed by atoms with E-state index in [2.05, 4.69) is 17.4 Å². The number of carbonyl (C=O) groups is 1. The number of furan rings is 1. The van der Waals surface area contributed by atoms with E-state index >= 15 is 0 Å². The summed E-state index contributed by atoms with van der Waals surface area (Å²) in [6.45, 7) is 9.04. The first-order valence-corrected chi connectivity index (χ1v) is 10.6. The Hall–Kier alpha value is -2.12. The molecule has 0 bridgehead atoms. The van der Waals surface area contributed by atoms with E-state index in [0.717, 1.165) is 29.5 Å². The van der Waals surface area contributed by atoms with Crippen LogP contribution in [0.15, 0.2) is 27.5 Å². The molecule has 1 aliphatic heterocycles. The number of hydrogen-bond donors (Lipinski definition) is 1. The molecule has 0 spiro atoms. The largest absolute Gasteiger partial charge is 0.455 e. The summed E-state index contributed by atoms with van der Waals surface area (Å²) in [5.41, 5.74) is 4.46. The molecule has 1 aromatic carbocycles. The van der Waals surface area contributed by atoms with Crippen molar-refractivity contribution in [3.63, 3.8) is 0 Å². The maximum Gasteiger partial charge on any atom is 0.287 e. The number of sulfonamides is 1. The minimum Gasteiger partial charge on any atom is -0.455 e. The Morgan fingerprint density at radius 2 is 1.67 bits per heavy atom. The van der Waals surface area contributed by atoms with Gasteiger partial charge in [-0.05, 0) is 57.2 Å². The second kappa shape index (κ2) is 7.48. The van der Waals surface area contributed by atoms with Crippen molar-refractivity contribution in [3.8, 4) is 0 Å². The summed E-state index contributed by atoms with van der Waals surface area (Å²) in [4.78, 5) is 12.6. The summed E-state index contributed by atoms with van der Waals surface area (Å²) in [6, 6.07) is 5.49. The molecule has 6 nitrogen and oxygen atoms in total. The number of hydrogen-bond acceptors (Lipinski definition) is 4. The fourth-order valence-corrected chi connectivity index (χ4v) is 5.32. The zero-order chi connectivity index (χ0) is 19.8. The van der Waals surface area contributed by atoms with E-state index < -0.39 is 15.9 Å². The predicted molar refractivity (Wildman–Crippen MR) is 103 cm³/mol. The molecule has 27 heavy (non-hydrogen) atoms. The number of nitrogens with one attached hydrogen (secondary N) is 1. The van der Waals surface area contributed by atoms with Crippen LogP contribution < -0.4 is 5.32 Å². The van der Waals surface area contributed by atoms with E-state index in [4.69, 9.17) is 4.42 Å². The van der Waals surface area contributed by atoms with Crippen molar-refractivity contribution >= 4 is 15.9 Å². The minimum absolute atomic E-state index is 0.0210. The van der Waals surface area contributed by atoms with Gasteiger partial charge in [0.25, 0.3) is 5.91 Å². The van der Waals surface area contributed by atoms with Gasteiger partial charge in [0.1, 0.15) is 10.7 Å². The van der Waals surface area contributed by atoms with Crippen LogP contribution in [0.4, 0.5) is 0 Å². The van der Waals surface area contributed by atoms with Crippen molar-refractivity contribution in [1.29, 1.82) is 0 Å². The number of rotatable bonds is 5. The maximum atomic E-state index is 12.7. The Balaban J connectivity index is 1.77. The van der Waals surface area contributed by atoms with Crippen LogP contribution in [0.1, 0.15) is 51.4 Å². The molecule has 1 amide bonds. The summed E-state index contributed by atoms with van der Waals surface area (Å²) in [7, 11) is -3.61. The van der Waals surface area contributed by atoms with Crippen molar-refractivity contribution in [3.05, 3.63) is 52.0 Å². The third-order valence-corrected chi connectivity index (χ3v) is 7.05. The summed E-state index contributed by atoms with van der Waals surface area (Å²) in [5.74, 6) is -0.150. The van der Waals surface area contributed by atoms with Gasteiger partial charge in [0.15, 0.2) is 5.76 Å². The third kappa shape index (κ3) is 3.94. The van der Waals surface area contributed by atoms with E-state index in [1.54, 1.807) is 6.92 Å². The lowest BCUT2D eigenvalue weighted by atomic mass is 10.00. The monoisotopic (exact) mass is 390 g/mol. The first kappa shape index (κ1) is 19.6. The topological polar surface area (TPSA) is 79.6 Å². The zero-order valence-corrected chi connectivity index (χ0v) is 17.1. The first-order chi connectivity index (χ1) is 12.7. The Morgan fingerprint density at radius 1 is 1.07 bits per heavy atom. The number of benzene rings is 1. The highest BCUT2D eigenvalue weighted by Gasteiger charge is 2.31. The molecule has 2 heterocycles. The molecule has 146 valence electrons. The summed E-state index contributed by atoms with van der Waals surface area (Å²) in [6.07, 6.45) is 1.72. The van der Waals surface area contributed by atoms with Crippen LogP contribution in [0, 0.1) is 27.7 Å². The SMILES string of the molecule is Cc1cc(C)c(CNC(=O)c2cc(S(=O)(=O)N3CCCC3)c(C)o2)c(C)c1. The Kier molecular flexibility index (Phi) is 5.44. The first-order valence-electron chi connectivity index (χ1n) is 9.15. The van der Waals surface area contributed by atoms with Crippen LogP contribution in [-0.4, -0.2) is 31.7 Å². The molecule has 0 atom stereocenters. The normalized spacial score (nSPS) is 15.3. The molecule has 2 aromatic rings. The van der Waals surface area contributed by atoms with Crippen LogP contribution >= 0.6 is 0 Å². The van der Waals surface area contributed by atoms with E-state index in [-0.39, 0.29) is 16.4 Å². The molecule has 0 unspecified atom stereocenters. The fraction of sp³-hybridized carbons (Fsp3) is 0.450. The molecule has 3 rings (SSSR count). The van der Waals surface area contributed by atoms with Crippen LogP contribution in [0.25, 0.3) is 0 Å². The van der Waals surface area contributed by atoms with Crippen molar-refractivity contribution < 1.29 is 17.6 Å². The van der Waals surface area contributed by atoms with Gasteiger partial charge in [-0.15, -0.1) is 0 Å². The lowest BCUT2D eigenvalue weighted by Gasteiger charge is -2.14. The lowest BCUT2D eigenvalue weighted by Crippen LogP contribution is -2.28. The molecule has 1 aliphatic rings. The van der Waals surface area contributed by atoms with Gasteiger partial charge in [0, 0.05) is 25.7 Å². The Bertz CT molecular complexity index is 947. The number of aryl methyl sites for hydroxylation is 4. The molecule has 0 aliphatic carbocycles. The van der Waals surface area contributed by atoms with E-state index in [0.29, 0.717) is 19.6 Å². The van der Waals surface area contributed by atoms with Gasteiger partial charge in [-0.2, -0.15) is 4.31 Å². The average molecular weight is 391 g/mol. The van der Waals surface area contributed by atoms with Gasteiger partial charge in [-0.1, -0.05) is 17.7 Å². The van der Waals surface area contributed by atoms with E-state index in [9.17, 15) is 13.2 Å². The standard InChI is InChI=1S/C20H26N2O4S/c1-13-9-14(2)17(15(3)10-13)12-21-20(23)18-11-19(16(4)26-18)27(24,25)22-7-5-6-8-22/h9-11H,5-8,12H2,1-4H3,(H,21,23). The van der Waals surface area contributed by atoms with Gasteiger partial charge in [0.05, 0.1) is 0 Å². The van der Waals surface area contributed by atoms with Crippen LogP contribution in [0.2, 0.25) is 0 Å². The average Bonchev–Trinajstić information content (AvgIpc) is 3.23. The Morgan fingerprint density at radius 3 is 2.26 bits per heavy atom. The van der Waals surface area contributed by atoms with E-state index in [1.807, 2.05) is 20.8 Å². The summed E-state index contributed by atoms with van der Waals surface area (Å²) < 4.78 is 32.4. The molecule has 1 aromatic heterocycles. The van der Waals surface area contributed by atoms with Crippen LogP contribution in [-0.2, 0) is 16.6 Å². The molecule has 0 radical (unpaired) electrons. The van der Waals surface area contributed by atoms with Gasteiger partial charge < -0.3 is 9.73 Å². The van der Waals surface area contributed by atoms with E-state index in [1.165, 1.54) is 15.9 Å². The van der Waals surface area contributed by atoms with Gasteiger partial charge >= 0.3 is 0 Å². The van der Waals surface area contributed by atoms with Crippen molar-refractivity contribution in [1.82, 2.24) is 9.62 Å². The fourth-order valence-electron chi connectivity index (χ4n) is 3.65. The highest BCUT2D eigenvalue weighted by atomic mass is 32.2. The molecule has 7 heteroatoms. The third-order valence-electron chi connectivity index (χ3n) is 5.04. The van der Waals surface area contributed by atoms with Crippen LogP contribution in [0.3, 0.4) is 0 Å². The Labute approximate surface area is 160 Å². The molecular formula is C20H26N2O4S. The van der Waals surface area contributed by atoms with Crippen molar-refractivity contribution in [2.24, 2.45) is 0 Å². The maximum absolute atomic E-state index is 12.7. The second-order valence-corrected chi connectivity index (χ2v) is 9.11. The van der Waals surface area contributed by atoms with Crippen molar-refractivity contribution in [2.75, 3.05) is 13.1 Å². The highest BCUT2D eigenvalue weighted by molar-refractivity contribution is 7.89. The van der Waals surface area contributed by atoms with Crippen molar-refractivity contribution in [2.45, 2.75) is 52.0 Å². The van der Waals surface area contributed by atoms with Gasteiger partial charge in [0.2, 0.25) is 10.0 Å². The second-order valence-electron chi connectivity index (χ2n) is 7.20. The van der Waals surface area contributed by atoms with Crippen LogP contribution in [0.5, 0.6) is 0 Å². The zero-order valence-electron chi connectivity index (χ0n) is 16.3. The molecule has 1 saturated heterocycles. The number of carbonyl (C=O) groups excluding carboxylic acids is 1. The number of amides is 1. The molecule has 1 N–H and O–H groups in total. The summed E-state index contributed by atoms with van der Waals surface area (Å²) >= 11 is 0. The quantitative estimate of drug-likeness (QED) is 0.850. The molecule has 1 fully saturated rings. The van der Waals surface area contributed by atoms with Gasteiger partial charge in [-0.3, -0.25) is 4.79 Å². The molecule has 0 saturated carbocycles. The molecular weight excluding hydrogens is 364 g/mol. The van der Waals surface area contributed by atoms with Gasteiger partial charge in [-0.25, -0.2) is 8.42 Å². The summed E-state index contributed by atoms with van der Waals surface area (Å²) in [5, 5.41) is 2.84. The minimum atomic E-state index is -3.61.